The number of methoxy groups -OCH3 is 1. The molecular formula is C33H36N2O8. The maximum Gasteiger partial charge on any atom is 0.410 e. The van der Waals surface area contributed by atoms with E-state index >= 15 is 0 Å². The van der Waals surface area contributed by atoms with Crippen molar-refractivity contribution in [1.82, 2.24) is 9.80 Å². The number of carbonyl (C=O) groups is 4. The first-order valence-corrected chi connectivity index (χ1v) is 14.4. The first-order chi connectivity index (χ1) is 20.8. The Labute approximate surface area is 250 Å². The standard InChI is InChI=1S/C17H19NO4.C16H17NO4/c1-21-15(19)17-9-5-8-14(17)10-18(12-17)16(20)22-11-13-6-3-2-4-7-13;18-14(19)16-8-4-7-13(16)9-17(11-16)15(20)21-10-12-5-2-1-3-6-12/h2-4,6-8H,5,9-12H2,1H3;1-3,5-7H,4,8-11H2,(H,18,19). The number of benzene rings is 2. The fourth-order valence-electron chi connectivity index (χ4n) is 6.35. The van der Waals surface area contributed by atoms with E-state index in [-0.39, 0.29) is 31.8 Å². The number of hydrogen-bond donors (Lipinski definition) is 1. The molecule has 43 heavy (non-hydrogen) atoms. The Balaban J connectivity index is 0.000000171. The monoisotopic (exact) mass is 588 g/mol. The molecule has 2 atom stereocenters. The van der Waals surface area contributed by atoms with Crippen molar-refractivity contribution in [3.05, 3.63) is 95.1 Å². The summed E-state index contributed by atoms with van der Waals surface area (Å²) >= 11 is 0. The molecule has 10 nitrogen and oxygen atoms in total. The van der Waals surface area contributed by atoms with Gasteiger partial charge in [0.2, 0.25) is 0 Å². The van der Waals surface area contributed by atoms with E-state index in [1.807, 2.05) is 72.8 Å². The van der Waals surface area contributed by atoms with Crippen LogP contribution in [0.2, 0.25) is 0 Å². The maximum atomic E-state index is 12.2. The van der Waals surface area contributed by atoms with Gasteiger partial charge in [0.1, 0.15) is 24.0 Å². The van der Waals surface area contributed by atoms with Crippen LogP contribution in [0, 0.1) is 10.8 Å². The summed E-state index contributed by atoms with van der Waals surface area (Å²) in [6.45, 7) is 1.80. The third-order valence-electron chi connectivity index (χ3n) is 8.71. The van der Waals surface area contributed by atoms with Crippen LogP contribution in [0.4, 0.5) is 9.59 Å². The predicted molar refractivity (Wildman–Crippen MR) is 156 cm³/mol. The minimum atomic E-state index is -0.883. The van der Waals surface area contributed by atoms with Crippen LogP contribution < -0.4 is 0 Å². The van der Waals surface area contributed by atoms with Crippen LogP contribution in [0.15, 0.2) is 84.0 Å². The summed E-state index contributed by atoms with van der Waals surface area (Å²) < 4.78 is 15.5. The number of nitrogens with zero attached hydrogens (tertiary/aromatic N) is 2. The largest absolute Gasteiger partial charge is 0.481 e. The van der Waals surface area contributed by atoms with E-state index < -0.39 is 22.9 Å². The molecule has 4 aliphatic rings. The summed E-state index contributed by atoms with van der Waals surface area (Å²) in [6, 6.07) is 19.0. The second-order valence-corrected chi connectivity index (χ2v) is 11.3. The molecule has 0 spiro atoms. The van der Waals surface area contributed by atoms with Crippen molar-refractivity contribution >= 4 is 24.1 Å². The van der Waals surface area contributed by atoms with Gasteiger partial charge in [-0.2, -0.15) is 0 Å². The second kappa shape index (κ2) is 12.7. The van der Waals surface area contributed by atoms with Crippen LogP contribution in [0.5, 0.6) is 0 Å². The molecule has 2 amide bonds. The molecule has 2 aromatic rings. The number of aliphatic carboxylic acids is 1. The van der Waals surface area contributed by atoms with Gasteiger partial charge in [-0.05, 0) is 48.0 Å². The third kappa shape index (κ3) is 6.14. The number of likely N-dealkylation sites (tertiary alicyclic amines) is 2. The molecule has 2 unspecified atom stereocenters. The Morgan fingerprint density at radius 3 is 1.60 bits per heavy atom. The lowest BCUT2D eigenvalue weighted by atomic mass is 9.84. The second-order valence-electron chi connectivity index (χ2n) is 11.3. The highest BCUT2D eigenvalue weighted by Gasteiger charge is 2.53. The Bertz CT molecular complexity index is 1420. The maximum absolute atomic E-state index is 12.2. The normalized spacial score (nSPS) is 23.3. The van der Waals surface area contributed by atoms with Crippen LogP contribution in [0.3, 0.4) is 0 Å². The van der Waals surface area contributed by atoms with Crippen molar-refractivity contribution < 1.29 is 38.5 Å². The Morgan fingerprint density at radius 2 is 1.16 bits per heavy atom. The van der Waals surface area contributed by atoms with E-state index in [4.69, 9.17) is 14.2 Å². The molecule has 2 aromatic carbocycles. The molecule has 0 saturated carbocycles. The number of fused-ring (bicyclic) bond motifs is 2. The topological polar surface area (TPSA) is 123 Å². The molecule has 2 heterocycles. The van der Waals surface area contributed by atoms with Crippen LogP contribution in [0.25, 0.3) is 0 Å². The number of carbonyl (C=O) groups excluding carboxylic acids is 3. The molecule has 226 valence electrons. The van der Waals surface area contributed by atoms with Crippen molar-refractivity contribution in [3.8, 4) is 0 Å². The highest BCUT2D eigenvalue weighted by molar-refractivity contribution is 5.85. The van der Waals surface area contributed by atoms with Gasteiger partial charge in [-0.1, -0.05) is 72.8 Å². The first kappa shape index (κ1) is 29.9. The van der Waals surface area contributed by atoms with E-state index in [1.165, 1.54) is 12.0 Å². The third-order valence-corrected chi connectivity index (χ3v) is 8.71. The molecule has 2 saturated heterocycles. The Kier molecular flexibility index (Phi) is 8.84. The van der Waals surface area contributed by atoms with Gasteiger partial charge >= 0.3 is 24.1 Å². The fraction of sp³-hybridized carbons (Fsp3) is 0.394. The number of hydrogen-bond acceptors (Lipinski definition) is 7. The lowest BCUT2D eigenvalue weighted by molar-refractivity contribution is -0.150. The molecule has 2 aliphatic heterocycles. The van der Waals surface area contributed by atoms with E-state index in [0.29, 0.717) is 32.5 Å². The molecular weight excluding hydrogens is 552 g/mol. The smallest absolute Gasteiger partial charge is 0.410 e. The van der Waals surface area contributed by atoms with Gasteiger partial charge in [-0.15, -0.1) is 0 Å². The van der Waals surface area contributed by atoms with Crippen LogP contribution in [0.1, 0.15) is 36.8 Å². The minimum Gasteiger partial charge on any atom is -0.481 e. The van der Waals surface area contributed by atoms with Crippen molar-refractivity contribution in [2.45, 2.75) is 38.9 Å². The van der Waals surface area contributed by atoms with Gasteiger partial charge in [0.05, 0.1) is 7.11 Å². The molecule has 10 heteroatoms. The van der Waals surface area contributed by atoms with Crippen molar-refractivity contribution in [3.63, 3.8) is 0 Å². The van der Waals surface area contributed by atoms with Gasteiger partial charge < -0.3 is 29.1 Å². The number of allylic oxidation sites excluding steroid dienone is 2. The summed E-state index contributed by atoms with van der Waals surface area (Å²) in [5.41, 5.74) is 2.14. The summed E-state index contributed by atoms with van der Waals surface area (Å²) in [5, 5.41) is 9.46. The number of rotatable bonds is 6. The van der Waals surface area contributed by atoms with Crippen molar-refractivity contribution in [1.29, 1.82) is 0 Å². The Morgan fingerprint density at radius 1 is 0.721 bits per heavy atom. The zero-order valence-corrected chi connectivity index (χ0v) is 24.2. The number of amides is 2. The van der Waals surface area contributed by atoms with Crippen LogP contribution >= 0.6 is 0 Å². The number of carboxylic acids is 1. The van der Waals surface area contributed by atoms with Crippen LogP contribution in [-0.2, 0) is 37.0 Å². The number of esters is 1. The van der Waals surface area contributed by atoms with E-state index in [1.54, 1.807) is 4.90 Å². The molecule has 1 N–H and O–H groups in total. The first-order valence-electron chi connectivity index (χ1n) is 14.4. The quantitative estimate of drug-likeness (QED) is 0.286. The number of carboxylic acid groups (broad SMARTS) is 1. The van der Waals surface area contributed by atoms with Crippen molar-refractivity contribution in [2.24, 2.45) is 10.8 Å². The lowest BCUT2D eigenvalue weighted by Crippen LogP contribution is -2.37. The summed E-state index contributed by atoms with van der Waals surface area (Å²) in [5.74, 6) is -1.10. The van der Waals surface area contributed by atoms with E-state index in [9.17, 15) is 24.3 Å². The lowest BCUT2D eigenvalue weighted by Gasteiger charge is -2.23. The van der Waals surface area contributed by atoms with Gasteiger partial charge in [0, 0.05) is 26.2 Å². The summed E-state index contributed by atoms with van der Waals surface area (Å²) in [6.07, 6.45) is 6.06. The van der Waals surface area contributed by atoms with Gasteiger partial charge in [-0.25, -0.2) is 9.59 Å². The molecule has 2 aliphatic carbocycles. The number of ether oxygens (including phenoxy) is 3. The van der Waals surface area contributed by atoms with Gasteiger partial charge in [-0.3, -0.25) is 9.59 Å². The average molecular weight is 589 g/mol. The molecule has 6 rings (SSSR count). The fourth-order valence-corrected chi connectivity index (χ4v) is 6.35. The minimum absolute atomic E-state index is 0.204. The highest BCUT2D eigenvalue weighted by Crippen LogP contribution is 2.46. The zero-order chi connectivity index (χ0) is 30.5. The Hall–Kier alpha value is -4.60. The molecule has 0 bridgehead atoms. The molecule has 0 aromatic heterocycles. The van der Waals surface area contributed by atoms with Crippen molar-refractivity contribution in [2.75, 3.05) is 33.3 Å². The highest BCUT2D eigenvalue weighted by atomic mass is 16.6. The van der Waals surface area contributed by atoms with Crippen LogP contribution in [-0.4, -0.2) is 72.3 Å². The van der Waals surface area contributed by atoms with Gasteiger partial charge in [0.15, 0.2) is 0 Å². The average Bonchev–Trinajstić information content (AvgIpc) is 3.79. The van der Waals surface area contributed by atoms with E-state index in [0.717, 1.165) is 35.1 Å². The predicted octanol–water partition coefficient (Wildman–Crippen LogP) is 4.95. The molecule has 2 fully saturated rings. The van der Waals surface area contributed by atoms with E-state index in [2.05, 4.69) is 0 Å². The van der Waals surface area contributed by atoms with Gasteiger partial charge in [0.25, 0.3) is 0 Å². The molecule has 0 radical (unpaired) electrons. The summed E-state index contributed by atoms with van der Waals surface area (Å²) in [4.78, 5) is 51.1. The zero-order valence-electron chi connectivity index (χ0n) is 24.2. The SMILES string of the molecule is COC(=O)C12CCC=C1CN(C(=O)OCc1ccccc1)C2.O=C(OCc1ccccc1)N1CC2=CCCC2(C(=O)O)C1. The summed E-state index contributed by atoms with van der Waals surface area (Å²) in [7, 11) is 1.39.